The molecular formula is C17H23N3O4. The maximum absolute atomic E-state index is 11.8. The number of H-pyrrole nitrogens is 1. The number of hydrogen-bond donors (Lipinski definition) is 1. The van der Waals surface area contributed by atoms with Crippen molar-refractivity contribution in [1.82, 2.24) is 9.88 Å². The molecule has 0 saturated carbocycles. The van der Waals surface area contributed by atoms with Crippen LogP contribution in [-0.2, 0) is 20.7 Å². The fraction of sp³-hybridized carbons (Fsp3) is 0.529. The molecule has 0 aliphatic heterocycles. The molecule has 0 saturated heterocycles. The minimum absolute atomic E-state index is 0.0562. The van der Waals surface area contributed by atoms with Crippen LogP contribution in [0, 0.1) is 25.2 Å². The lowest BCUT2D eigenvalue weighted by molar-refractivity contribution is -0.151. The zero-order chi connectivity index (χ0) is 18.3. The molecule has 0 unspecified atom stereocenters. The summed E-state index contributed by atoms with van der Waals surface area (Å²) in [5, 5.41) is 9.03. The van der Waals surface area contributed by atoms with Crippen LogP contribution in [0.3, 0.4) is 0 Å². The van der Waals surface area contributed by atoms with E-state index in [1.807, 2.05) is 19.9 Å². The topological polar surface area (TPSA) is 103 Å². The second-order valence-corrected chi connectivity index (χ2v) is 5.40. The lowest BCUT2D eigenvalue weighted by Crippen LogP contribution is -2.34. The Kier molecular flexibility index (Phi) is 7.18. The van der Waals surface area contributed by atoms with Gasteiger partial charge in [-0.2, -0.15) is 5.26 Å². The molecule has 0 atom stereocenters. The Balaban J connectivity index is 2.68. The predicted octanol–water partition coefficient (Wildman–Crippen LogP) is 1.21. The normalized spacial score (nSPS) is 10.1. The monoisotopic (exact) mass is 333 g/mol. The van der Waals surface area contributed by atoms with Gasteiger partial charge in [0.2, 0.25) is 0 Å². The van der Waals surface area contributed by atoms with E-state index >= 15 is 0 Å². The predicted molar refractivity (Wildman–Crippen MR) is 88.5 cm³/mol. The number of nitriles is 1. The highest BCUT2D eigenvalue weighted by Crippen LogP contribution is 2.15. The zero-order valence-corrected chi connectivity index (χ0v) is 14.6. The molecule has 1 heterocycles. The van der Waals surface area contributed by atoms with Crippen LogP contribution in [0.4, 0.5) is 0 Å². The molecule has 0 aliphatic carbocycles. The molecule has 1 aromatic heterocycles. The molecule has 130 valence electrons. The summed E-state index contributed by atoms with van der Waals surface area (Å²) in [5.74, 6) is -0.712. The SMILES string of the molecule is CCN(CC)C(=O)COC(=O)CCc1c(C)[nH]c(=O)c(C#N)c1C. The van der Waals surface area contributed by atoms with Crippen molar-refractivity contribution < 1.29 is 14.3 Å². The summed E-state index contributed by atoms with van der Waals surface area (Å²) in [6.07, 6.45) is 0.408. The van der Waals surface area contributed by atoms with Crippen LogP contribution in [0.2, 0.25) is 0 Å². The van der Waals surface area contributed by atoms with Gasteiger partial charge in [-0.3, -0.25) is 14.4 Å². The molecule has 1 rings (SSSR count). The van der Waals surface area contributed by atoms with Gasteiger partial charge in [0, 0.05) is 25.2 Å². The summed E-state index contributed by atoms with van der Waals surface area (Å²) in [5.41, 5.74) is 1.58. The van der Waals surface area contributed by atoms with Crippen molar-refractivity contribution in [2.24, 2.45) is 0 Å². The highest BCUT2D eigenvalue weighted by molar-refractivity contribution is 5.80. The molecule has 0 fully saturated rings. The number of pyridine rings is 1. The number of nitrogens with one attached hydrogen (secondary N) is 1. The number of aromatic amines is 1. The maximum Gasteiger partial charge on any atom is 0.306 e. The second-order valence-electron chi connectivity index (χ2n) is 5.40. The summed E-state index contributed by atoms with van der Waals surface area (Å²) in [7, 11) is 0. The van der Waals surface area contributed by atoms with E-state index in [0.717, 1.165) is 5.56 Å². The van der Waals surface area contributed by atoms with Gasteiger partial charge in [-0.1, -0.05) is 0 Å². The van der Waals surface area contributed by atoms with Gasteiger partial charge < -0.3 is 14.6 Å². The highest BCUT2D eigenvalue weighted by atomic mass is 16.5. The van der Waals surface area contributed by atoms with Crippen LogP contribution in [0.5, 0.6) is 0 Å². The average molecular weight is 333 g/mol. The maximum atomic E-state index is 11.8. The quantitative estimate of drug-likeness (QED) is 0.755. The van der Waals surface area contributed by atoms with Gasteiger partial charge >= 0.3 is 5.97 Å². The third-order valence-electron chi connectivity index (χ3n) is 3.97. The standard InChI is InChI=1S/C17H23N3O4/c1-5-20(6-2)15(21)10-24-16(22)8-7-13-11(3)14(9-18)17(23)19-12(13)4/h5-8,10H2,1-4H3,(H,19,23). The van der Waals surface area contributed by atoms with Gasteiger partial charge in [0.1, 0.15) is 11.6 Å². The van der Waals surface area contributed by atoms with Gasteiger partial charge in [0.15, 0.2) is 6.61 Å². The number of nitrogens with zero attached hydrogens (tertiary/aromatic N) is 2. The first-order chi connectivity index (χ1) is 11.3. The number of aromatic nitrogens is 1. The lowest BCUT2D eigenvalue weighted by atomic mass is 9.99. The van der Waals surface area contributed by atoms with Crippen molar-refractivity contribution in [3.8, 4) is 6.07 Å². The summed E-state index contributed by atoms with van der Waals surface area (Å²) in [4.78, 5) is 39.5. The zero-order valence-electron chi connectivity index (χ0n) is 14.6. The minimum atomic E-state index is -0.487. The van der Waals surface area contributed by atoms with E-state index in [0.29, 0.717) is 30.8 Å². The fourth-order valence-corrected chi connectivity index (χ4v) is 2.53. The largest absolute Gasteiger partial charge is 0.456 e. The Bertz CT molecular complexity index is 712. The Morgan fingerprint density at radius 3 is 2.42 bits per heavy atom. The number of amides is 1. The van der Waals surface area contributed by atoms with Crippen molar-refractivity contribution >= 4 is 11.9 Å². The van der Waals surface area contributed by atoms with E-state index < -0.39 is 11.5 Å². The molecule has 1 aromatic rings. The summed E-state index contributed by atoms with van der Waals surface area (Å²) in [6, 6.07) is 1.87. The molecule has 0 radical (unpaired) electrons. The van der Waals surface area contributed by atoms with E-state index in [1.54, 1.807) is 18.7 Å². The van der Waals surface area contributed by atoms with E-state index in [-0.39, 0.29) is 24.5 Å². The average Bonchev–Trinajstić information content (AvgIpc) is 2.53. The molecule has 1 N–H and O–H groups in total. The molecule has 7 nitrogen and oxygen atoms in total. The van der Waals surface area contributed by atoms with Crippen molar-refractivity contribution in [2.75, 3.05) is 19.7 Å². The van der Waals surface area contributed by atoms with Gasteiger partial charge in [-0.15, -0.1) is 0 Å². The molecule has 0 aliphatic rings. The third kappa shape index (κ3) is 4.69. The number of ether oxygens (including phenoxy) is 1. The number of hydrogen-bond acceptors (Lipinski definition) is 5. The Morgan fingerprint density at radius 1 is 1.25 bits per heavy atom. The van der Waals surface area contributed by atoms with Gasteiger partial charge in [-0.05, 0) is 45.2 Å². The second kappa shape index (κ2) is 8.87. The van der Waals surface area contributed by atoms with Crippen LogP contribution >= 0.6 is 0 Å². The van der Waals surface area contributed by atoms with Gasteiger partial charge in [0.25, 0.3) is 11.5 Å². The molecule has 24 heavy (non-hydrogen) atoms. The molecule has 7 heteroatoms. The Morgan fingerprint density at radius 2 is 1.88 bits per heavy atom. The van der Waals surface area contributed by atoms with Gasteiger partial charge in [0.05, 0.1) is 0 Å². The van der Waals surface area contributed by atoms with Crippen molar-refractivity contribution in [2.45, 2.75) is 40.5 Å². The lowest BCUT2D eigenvalue weighted by Gasteiger charge is -2.18. The van der Waals surface area contributed by atoms with Crippen molar-refractivity contribution in [3.05, 3.63) is 32.7 Å². The Labute approximate surface area is 141 Å². The molecule has 1 amide bonds. The molecule has 0 aromatic carbocycles. The van der Waals surface area contributed by atoms with Crippen molar-refractivity contribution in [3.63, 3.8) is 0 Å². The van der Waals surface area contributed by atoms with E-state index in [1.165, 1.54) is 0 Å². The van der Waals surface area contributed by atoms with Crippen LogP contribution in [0.15, 0.2) is 4.79 Å². The van der Waals surface area contributed by atoms with E-state index in [2.05, 4.69) is 4.98 Å². The summed E-state index contributed by atoms with van der Waals surface area (Å²) < 4.78 is 5.00. The fourth-order valence-electron chi connectivity index (χ4n) is 2.53. The van der Waals surface area contributed by atoms with E-state index in [4.69, 9.17) is 10.00 Å². The first-order valence-electron chi connectivity index (χ1n) is 7.91. The Hall–Kier alpha value is -2.62. The number of rotatable bonds is 7. The van der Waals surface area contributed by atoms with Crippen LogP contribution in [0.1, 0.15) is 42.7 Å². The summed E-state index contributed by atoms with van der Waals surface area (Å²) in [6.45, 7) is 7.99. The highest BCUT2D eigenvalue weighted by Gasteiger charge is 2.15. The number of carbonyl (C=O) groups excluding carboxylic acids is 2. The summed E-state index contributed by atoms with van der Waals surface area (Å²) >= 11 is 0. The van der Waals surface area contributed by atoms with Crippen molar-refractivity contribution in [1.29, 1.82) is 5.26 Å². The first kappa shape index (κ1) is 19.4. The molecule has 0 spiro atoms. The molecular weight excluding hydrogens is 310 g/mol. The van der Waals surface area contributed by atoms with Crippen LogP contribution < -0.4 is 5.56 Å². The number of aryl methyl sites for hydroxylation is 1. The van der Waals surface area contributed by atoms with E-state index in [9.17, 15) is 14.4 Å². The number of carbonyl (C=O) groups is 2. The number of esters is 1. The van der Waals surface area contributed by atoms with Gasteiger partial charge in [-0.25, -0.2) is 0 Å². The number of likely N-dealkylation sites (N-methyl/N-ethyl adjacent to an activating group) is 1. The smallest absolute Gasteiger partial charge is 0.306 e. The van der Waals surface area contributed by atoms with Crippen LogP contribution in [0.25, 0.3) is 0 Å². The minimum Gasteiger partial charge on any atom is -0.456 e. The van der Waals surface area contributed by atoms with Crippen LogP contribution in [-0.4, -0.2) is 41.5 Å². The first-order valence-corrected chi connectivity index (χ1v) is 7.91. The molecule has 0 bridgehead atoms. The third-order valence-corrected chi connectivity index (χ3v) is 3.97.